The number of halogens is 1. The molecule has 0 aliphatic carbocycles. The molecule has 1 heterocycles. The average Bonchev–Trinajstić information content (AvgIpc) is 2.78. The fraction of sp³-hybridized carbons (Fsp3) is 0.250. The minimum atomic E-state index is -0.518. The van der Waals surface area contributed by atoms with E-state index in [9.17, 15) is 4.79 Å². The van der Waals surface area contributed by atoms with Crippen LogP contribution in [0.3, 0.4) is 0 Å². The molecular weight excluding hydrogens is 300 g/mol. The van der Waals surface area contributed by atoms with E-state index in [2.05, 4.69) is 26.1 Å². The number of benzene rings is 1. The molecule has 0 aliphatic rings. The summed E-state index contributed by atoms with van der Waals surface area (Å²) in [6.45, 7) is 3.03. The lowest BCUT2D eigenvalue weighted by Crippen LogP contribution is -2.06. The van der Waals surface area contributed by atoms with E-state index in [0.717, 1.165) is 10.0 Å². The maximum Gasteiger partial charge on any atom is 0.303 e. The van der Waals surface area contributed by atoms with Crippen molar-refractivity contribution in [3.05, 3.63) is 34.6 Å². The molecule has 0 bridgehead atoms. The Morgan fingerprint density at radius 3 is 2.67 bits per heavy atom. The zero-order valence-electron chi connectivity index (χ0n) is 9.88. The van der Waals surface area contributed by atoms with Crippen LogP contribution in [0.2, 0.25) is 0 Å². The molecule has 0 amide bonds. The Morgan fingerprint density at radius 2 is 2.06 bits per heavy atom. The van der Waals surface area contributed by atoms with Crippen LogP contribution in [0.1, 0.15) is 25.8 Å². The van der Waals surface area contributed by atoms with E-state index < -0.39 is 6.10 Å². The average molecular weight is 311 g/mol. The highest BCUT2D eigenvalue weighted by atomic mass is 79.9. The molecule has 0 saturated heterocycles. The lowest BCUT2D eigenvalue weighted by atomic mass is 10.2. The van der Waals surface area contributed by atoms with Gasteiger partial charge in [0.2, 0.25) is 5.82 Å². The molecule has 94 valence electrons. The van der Waals surface area contributed by atoms with Gasteiger partial charge in [-0.1, -0.05) is 21.1 Å². The third kappa shape index (κ3) is 2.95. The first kappa shape index (κ1) is 12.8. The molecule has 0 radical (unpaired) electrons. The SMILES string of the molecule is CC(=O)O[C@H](C)c1noc(-c2ccc(Br)cc2)n1. The summed E-state index contributed by atoms with van der Waals surface area (Å²) in [6.07, 6.45) is -0.518. The van der Waals surface area contributed by atoms with Gasteiger partial charge in [-0.2, -0.15) is 4.98 Å². The van der Waals surface area contributed by atoms with Gasteiger partial charge >= 0.3 is 5.97 Å². The van der Waals surface area contributed by atoms with E-state index in [4.69, 9.17) is 9.26 Å². The van der Waals surface area contributed by atoms with E-state index in [-0.39, 0.29) is 5.97 Å². The summed E-state index contributed by atoms with van der Waals surface area (Å²) in [7, 11) is 0. The molecule has 0 N–H and O–H groups in total. The van der Waals surface area contributed by atoms with Crippen molar-refractivity contribution in [2.75, 3.05) is 0 Å². The topological polar surface area (TPSA) is 65.2 Å². The molecule has 18 heavy (non-hydrogen) atoms. The number of hydrogen-bond acceptors (Lipinski definition) is 5. The normalized spacial score (nSPS) is 12.2. The Bertz CT molecular complexity index is 551. The van der Waals surface area contributed by atoms with Crippen LogP contribution in [-0.2, 0) is 9.53 Å². The predicted molar refractivity (Wildman–Crippen MR) is 67.6 cm³/mol. The van der Waals surface area contributed by atoms with Crippen LogP contribution in [-0.4, -0.2) is 16.1 Å². The molecule has 0 fully saturated rings. The number of ether oxygens (including phenoxy) is 1. The van der Waals surface area contributed by atoms with Gasteiger partial charge < -0.3 is 9.26 Å². The summed E-state index contributed by atoms with van der Waals surface area (Å²) < 4.78 is 11.1. The first-order chi connectivity index (χ1) is 8.56. The number of esters is 1. The van der Waals surface area contributed by atoms with Crippen molar-refractivity contribution in [1.29, 1.82) is 0 Å². The standard InChI is InChI=1S/C12H11BrN2O3/c1-7(17-8(2)16)11-14-12(18-15-11)9-3-5-10(13)6-4-9/h3-7H,1-2H3/t7-/m1/s1. The van der Waals surface area contributed by atoms with Crippen LogP contribution >= 0.6 is 15.9 Å². The van der Waals surface area contributed by atoms with Crippen molar-refractivity contribution < 1.29 is 14.1 Å². The highest BCUT2D eigenvalue weighted by molar-refractivity contribution is 9.10. The predicted octanol–water partition coefficient (Wildman–Crippen LogP) is 3.12. The lowest BCUT2D eigenvalue weighted by Gasteiger charge is -2.05. The van der Waals surface area contributed by atoms with Crippen LogP contribution in [0.5, 0.6) is 0 Å². The first-order valence-corrected chi connectivity index (χ1v) is 6.12. The lowest BCUT2D eigenvalue weighted by molar-refractivity contribution is -0.146. The molecular formula is C12H11BrN2O3. The monoisotopic (exact) mass is 310 g/mol. The number of aromatic nitrogens is 2. The molecule has 0 aliphatic heterocycles. The van der Waals surface area contributed by atoms with Crippen LogP contribution in [0, 0.1) is 0 Å². The second-order valence-electron chi connectivity index (χ2n) is 3.72. The molecule has 2 aromatic rings. The Kier molecular flexibility index (Phi) is 3.76. The van der Waals surface area contributed by atoms with Crippen LogP contribution in [0.25, 0.3) is 11.5 Å². The fourth-order valence-electron chi connectivity index (χ4n) is 1.41. The molecule has 6 heteroatoms. The van der Waals surface area contributed by atoms with Gasteiger partial charge in [0.05, 0.1) is 0 Å². The molecule has 0 spiro atoms. The maximum absolute atomic E-state index is 10.8. The third-order valence-corrected chi connectivity index (χ3v) is 2.77. The van der Waals surface area contributed by atoms with Gasteiger partial charge in [0.25, 0.3) is 5.89 Å². The van der Waals surface area contributed by atoms with Crippen LogP contribution in [0.15, 0.2) is 33.3 Å². The largest absolute Gasteiger partial charge is 0.454 e. The van der Waals surface area contributed by atoms with Crippen molar-refractivity contribution in [1.82, 2.24) is 10.1 Å². The van der Waals surface area contributed by atoms with Gasteiger partial charge in [-0.05, 0) is 31.2 Å². The molecule has 1 aromatic carbocycles. The second-order valence-corrected chi connectivity index (χ2v) is 4.63. The Morgan fingerprint density at radius 1 is 1.39 bits per heavy atom. The van der Waals surface area contributed by atoms with Gasteiger partial charge in [0.1, 0.15) is 0 Å². The van der Waals surface area contributed by atoms with Crippen molar-refractivity contribution >= 4 is 21.9 Å². The van der Waals surface area contributed by atoms with Gasteiger partial charge in [0, 0.05) is 17.0 Å². The van der Waals surface area contributed by atoms with Gasteiger partial charge in [0.15, 0.2) is 6.10 Å². The Hall–Kier alpha value is -1.69. The first-order valence-electron chi connectivity index (χ1n) is 5.33. The van der Waals surface area contributed by atoms with E-state index in [0.29, 0.717) is 11.7 Å². The molecule has 0 unspecified atom stereocenters. The van der Waals surface area contributed by atoms with Crippen LogP contribution < -0.4 is 0 Å². The number of nitrogens with zero attached hydrogens (tertiary/aromatic N) is 2. The summed E-state index contributed by atoms with van der Waals surface area (Å²) in [4.78, 5) is 15.0. The Balaban J connectivity index is 2.19. The molecule has 5 nitrogen and oxygen atoms in total. The summed E-state index contributed by atoms with van der Waals surface area (Å²) in [5.41, 5.74) is 0.812. The van der Waals surface area contributed by atoms with Crippen molar-refractivity contribution in [3.63, 3.8) is 0 Å². The summed E-state index contributed by atoms with van der Waals surface area (Å²) >= 11 is 3.35. The van der Waals surface area contributed by atoms with Crippen molar-refractivity contribution in [2.24, 2.45) is 0 Å². The zero-order valence-corrected chi connectivity index (χ0v) is 11.5. The van der Waals surface area contributed by atoms with Gasteiger partial charge in [-0.25, -0.2) is 0 Å². The Labute approximate surface area is 112 Å². The summed E-state index contributed by atoms with van der Waals surface area (Å²) in [6, 6.07) is 7.49. The highest BCUT2D eigenvalue weighted by Crippen LogP contribution is 2.22. The van der Waals surface area contributed by atoms with Gasteiger partial charge in [-0.15, -0.1) is 0 Å². The number of hydrogen-bond donors (Lipinski definition) is 0. The summed E-state index contributed by atoms with van der Waals surface area (Å²) in [5.74, 6) is 0.372. The van der Waals surface area contributed by atoms with E-state index in [1.807, 2.05) is 24.3 Å². The van der Waals surface area contributed by atoms with E-state index in [1.165, 1.54) is 6.92 Å². The highest BCUT2D eigenvalue weighted by Gasteiger charge is 2.16. The second kappa shape index (κ2) is 5.30. The van der Waals surface area contributed by atoms with E-state index in [1.54, 1.807) is 6.92 Å². The van der Waals surface area contributed by atoms with Crippen molar-refractivity contribution in [3.8, 4) is 11.5 Å². The number of rotatable bonds is 3. The maximum atomic E-state index is 10.8. The molecule has 0 saturated carbocycles. The van der Waals surface area contributed by atoms with Crippen LogP contribution in [0.4, 0.5) is 0 Å². The quantitative estimate of drug-likeness (QED) is 0.815. The third-order valence-electron chi connectivity index (χ3n) is 2.24. The zero-order chi connectivity index (χ0) is 13.1. The minimum Gasteiger partial charge on any atom is -0.454 e. The minimum absolute atomic E-state index is 0.350. The van der Waals surface area contributed by atoms with Crippen molar-refractivity contribution in [2.45, 2.75) is 20.0 Å². The van der Waals surface area contributed by atoms with E-state index >= 15 is 0 Å². The number of carbonyl (C=O) groups is 1. The molecule has 1 aromatic heterocycles. The molecule has 1 atom stereocenters. The fourth-order valence-corrected chi connectivity index (χ4v) is 1.68. The smallest absolute Gasteiger partial charge is 0.303 e. The molecule has 2 rings (SSSR count). The number of carbonyl (C=O) groups excluding carboxylic acids is 1. The summed E-state index contributed by atoms with van der Waals surface area (Å²) in [5, 5.41) is 3.79. The van der Waals surface area contributed by atoms with Gasteiger partial charge in [-0.3, -0.25) is 4.79 Å².